The lowest BCUT2D eigenvalue weighted by Gasteiger charge is -2.39. The number of amides is 3. The summed E-state index contributed by atoms with van der Waals surface area (Å²) in [5, 5.41) is 29.9. The van der Waals surface area contributed by atoms with E-state index in [1.54, 1.807) is 29.1 Å². The van der Waals surface area contributed by atoms with E-state index >= 15 is 0 Å². The molecule has 0 spiro atoms. The zero-order valence-corrected chi connectivity index (χ0v) is 65.8. The number of aromatic amines is 1. The Morgan fingerprint density at radius 2 is 1.60 bits per heavy atom. The van der Waals surface area contributed by atoms with Crippen LogP contribution in [0.5, 0.6) is 11.5 Å². The van der Waals surface area contributed by atoms with Gasteiger partial charge in [-0.3, -0.25) is 33.1 Å². The Bertz CT molecular complexity index is 4970. The topological polar surface area (TPSA) is 432 Å². The molecule has 12 rings (SSSR count). The first-order valence-corrected chi connectivity index (χ1v) is 45.1. The van der Waals surface area contributed by atoms with Gasteiger partial charge in [0.25, 0.3) is 11.5 Å². The number of carbonyl (C=O) groups excluding carboxylic acids is 3. The van der Waals surface area contributed by atoms with Gasteiger partial charge in [-0.05, 0) is 134 Å². The van der Waals surface area contributed by atoms with E-state index in [1.165, 1.54) is 54.9 Å². The second-order valence-electron chi connectivity index (χ2n) is 26.4. The SMILES string of the molecule is CCS(=S)CO[C@@H]1C[C@H](n2cc(C#CCNC(=O)OCCCCOCSSc3ccc(CC(=O)NCCOCCCn4cc(CNC(=O)c5ccc(C(=O)O)c(C6=c7cc8c9c(c7Oc7c6cc6c%10c7CCCN%10CCC6)CCC[N+]=9CCC8)c5)nn4)cc3)c(=O)[nH]c2=O)O[C@@H]1COP(=O)(O)OP(=O)(O)OP(=O)(O)O. The highest BCUT2D eigenvalue weighted by Crippen LogP contribution is 2.66. The molecule has 6 aromatic rings. The largest absolute Gasteiger partial charge is 0.490 e. The third-order valence-electron chi connectivity index (χ3n) is 18.8. The van der Waals surface area contributed by atoms with E-state index in [4.69, 9.17) is 53.9 Å². The van der Waals surface area contributed by atoms with Crippen molar-refractivity contribution in [3.05, 3.63) is 160 Å². The third kappa shape index (κ3) is 21.5. The minimum absolute atomic E-state index is 0.0247. The maximum Gasteiger partial charge on any atom is 0.490 e. The van der Waals surface area contributed by atoms with Crippen LogP contribution in [0.1, 0.15) is 135 Å². The number of rotatable bonds is 36. The predicted octanol–water partition coefficient (Wildman–Crippen LogP) is 5.30. The maximum atomic E-state index is 14.1. The minimum atomic E-state index is -5.81. The van der Waals surface area contributed by atoms with Crippen LogP contribution in [0.15, 0.2) is 81.5 Å². The highest BCUT2D eigenvalue weighted by Gasteiger charge is 2.45. The molecule has 9 N–H and O–H groups in total. The molecule has 3 amide bonds. The van der Waals surface area contributed by atoms with Gasteiger partial charge in [0, 0.05) is 108 Å². The molecule has 6 aliphatic heterocycles. The first-order valence-electron chi connectivity index (χ1n) is 35.8. The van der Waals surface area contributed by atoms with Gasteiger partial charge in [-0.15, -0.1) is 5.10 Å². The number of aromatic nitrogens is 5. The number of nitrogens with one attached hydrogen (secondary N) is 4. The van der Waals surface area contributed by atoms with E-state index in [0.29, 0.717) is 80.7 Å². The average molecular weight is 1650 g/mol. The Balaban J connectivity index is 0.513. The summed E-state index contributed by atoms with van der Waals surface area (Å²) in [5.41, 5.74) is 8.15. The molecule has 33 nitrogen and oxygen atoms in total. The second-order valence-corrected chi connectivity index (χ2v) is 36.3. The van der Waals surface area contributed by atoms with Crippen molar-refractivity contribution in [2.24, 2.45) is 0 Å². The number of phosphoric acid groups is 3. The molecule has 0 saturated carbocycles. The van der Waals surface area contributed by atoms with Crippen molar-refractivity contribution >= 4 is 101 Å². The number of anilines is 1. The average Bonchev–Trinajstić information content (AvgIpc) is 0.814. The molecule has 0 aliphatic carbocycles. The van der Waals surface area contributed by atoms with Crippen LogP contribution in [0.3, 0.4) is 0 Å². The summed E-state index contributed by atoms with van der Waals surface area (Å²) in [6, 6.07) is 17.0. The number of alkyl carbamates (subject to hydrolysis) is 1. The number of hydrogen-bond acceptors (Lipinski definition) is 24. The lowest BCUT2D eigenvalue weighted by Crippen LogP contribution is -2.45. The number of aryl methyl sites for hydroxylation is 3. The molecule has 6 atom stereocenters. The Kier molecular flexibility index (Phi) is 28.1. The van der Waals surface area contributed by atoms with Crippen molar-refractivity contribution in [1.29, 1.82) is 0 Å². The number of phosphoric ester groups is 1. The number of aromatic carboxylic acids is 1. The Morgan fingerprint density at radius 3 is 2.39 bits per heavy atom. The fraction of sp³-hybridized carbons (Fsp3) is 0.471. The molecule has 0 radical (unpaired) electrons. The van der Waals surface area contributed by atoms with E-state index in [-0.39, 0.29) is 61.4 Å². The standard InChI is InChI=1S/C70H83N10O23P3S4/c1-2-110(107)43-98-57-37-60(100-58(57)41-99-105(91,92)103-106(93,94)102-104(88,89)90)80-39-48(67(83)74-69(80)86)11-5-22-72-70(87)97-31-4-3-29-96-42-108-109-50-19-16-44(17-20-50)33-59(81)71-23-32-95-30-10-28-79-40-49(75-76-79)38-73-66(82)47-18-21-51(68(84)85)54(36-47)61-55-34-45-12-6-24-77-26-8-14-52(62(45)77)64(55)101-65-53-15-9-27-78-25-7-13-46(63(53)78)35-56(61)65/h16-21,34-36,39-40,57-58,60H,2-4,6-10,12-15,22-33,37-38,41-43H2,1H3,(H8-,71,72,73,74,81,82,83,84,85,86,87,88,89,90,91,92,93,94)/p+1/t57-,58-,60-,110?/m1/s1. The number of H-pyrrole nitrogens is 1. The lowest BCUT2D eigenvalue weighted by atomic mass is 9.81. The van der Waals surface area contributed by atoms with E-state index in [2.05, 4.69) is 73.3 Å². The smallest absolute Gasteiger partial charge is 0.478 e. The van der Waals surface area contributed by atoms with Gasteiger partial charge in [-0.25, -0.2) is 32.7 Å². The van der Waals surface area contributed by atoms with Gasteiger partial charge >= 0.3 is 41.2 Å². The van der Waals surface area contributed by atoms with Gasteiger partial charge in [-0.1, -0.05) is 67.2 Å². The third-order valence-corrected chi connectivity index (χ3v) is 26.7. The number of hydrogen-bond donors (Lipinski definition) is 9. The van der Waals surface area contributed by atoms with E-state index < -0.39 is 81.3 Å². The van der Waals surface area contributed by atoms with Crippen LogP contribution in [-0.4, -0.2) is 175 Å². The number of benzene rings is 4. The van der Waals surface area contributed by atoms with Crippen molar-refractivity contribution in [2.75, 3.05) is 94.8 Å². The first kappa shape index (κ1) is 82.2. The van der Waals surface area contributed by atoms with Gasteiger partial charge in [0.05, 0.1) is 68.7 Å². The van der Waals surface area contributed by atoms with Crippen molar-refractivity contribution in [1.82, 2.24) is 45.1 Å². The van der Waals surface area contributed by atoms with Crippen molar-refractivity contribution in [2.45, 2.75) is 127 Å². The zero-order valence-electron chi connectivity index (χ0n) is 59.8. The summed E-state index contributed by atoms with van der Waals surface area (Å²) < 4.78 is 88.3. The predicted molar refractivity (Wildman–Crippen MR) is 408 cm³/mol. The minimum Gasteiger partial charge on any atom is -0.478 e. The fourth-order valence-electron chi connectivity index (χ4n) is 14.0. The summed E-state index contributed by atoms with van der Waals surface area (Å²) in [7, 11) is -14.6. The van der Waals surface area contributed by atoms with E-state index in [1.807, 2.05) is 31.2 Å². The molecule has 8 heterocycles. The van der Waals surface area contributed by atoms with Crippen molar-refractivity contribution < 1.29 is 99.1 Å². The van der Waals surface area contributed by atoms with Crippen LogP contribution in [0.2, 0.25) is 0 Å². The monoisotopic (exact) mass is 1650 g/mol. The van der Waals surface area contributed by atoms with Gasteiger partial charge in [0.2, 0.25) is 11.3 Å². The summed E-state index contributed by atoms with van der Waals surface area (Å²) >= 11 is 5.32. The Morgan fingerprint density at radius 1 is 0.836 bits per heavy atom. The molecule has 590 valence electrons. The normalized spacial score (nSPS) is 18.2. The summed E-state index contributed by atoms with van der Waals surface area (Å²) in [4.78, 5) is 121. The van der Waals surface area contributed by atoms with E-state index in [9.17, 15) is 57.4 Å². The highest BCUT2D eigenvalue weighted by molar-refractivity contribution is 8.76. The second kappa shape index (κ2) is 37.6. The van der Waals surface area contributed by atoms with Crippen LogP contribution in [0.25, 0.3) is 5.57 Å². The number of fused-ring (bicyclic) bond motifs is 4. The van der Waals surface area contributed by atoms with Crippen LogP contribution in [0, 0.1) is 11.8 Å². The molecule has 1 saturated heterocycles. The Labute approximate surface area is 646 Å². The Hall–Kier alpha value is -7.27. The number of carbonyl (C=O) groups is 4. The maximum absolute atomic E-state index is 14.1. The molecule has 1 fully saturated rings. The molecule has 40 heteroatoms. The summed E-state index contributed by atoms with van der Waals surface area (Å²) in [6.45, 7) is 6.89. The van der Waals surface area contributed by atoms with Crippen LogP contribution in [-0.2, 0) is 121 Å². The molecule has 4 aromatic carbocycles. The number of nitrogens with zero attached hydrogens (tertiary/aromatic N) is 6. The molecule has 3 unspecified atom stereocenters. The quantitative estimate of drug-likeness (QED) is 0.00600. The lowest BCUT2D eigenvalue weighted by molar-refractivity contribution is -0.120. The number of carboxylic acids is 1. The highest BCUT2D eigenvalue weighted by atomic mass is 33.1. The molecule has 0 bridgehead atoms. The molecule has 110 heavy (non-hydrogen) atoms. The van der Waals surface area contributed by atoms with Crippen molar-refractivity contribution in [3.63, 3.8) is 0 Å². The van der Waals surface area contributed by atoms with Crippen LogP contribution >= 0.6 is 45.1 Å². The molecular formula is C70H84N10O23P3S4+. The van der Waals surface area contributed by atoms with Gasteiger partial charge in [-0.2, -0.15) is 8.62 Å². The number of unbranched alkanes of at least 4 members (excludes halogenated alkanes) is 1. The van der Waals surface area contributed by atoms with Gasteiger partial charge < -0.3 is 74.0 Å². The summed E-state index contributed by atoms with van der Waals surface area (Å²) in [6.07, 6.45) is 8.16. The zero-order chi connectivity index (χ0) is 77.7. The van der Waals surface area contributed by atoms with Gasteiger partial charge in [0.1, 0.15) is 54.1 Å². The molecular weight excluding hydrogens is 1570 g/mol. The van der Waals surface area contributed by atoms with Crippen LogP contribution < -0.4 is 52.0 Å². The summed E-state index contributed by atoms with van der Waals surface area (Å²) in [5.74, 6) is 6.17. The number of carboxylic acid groups (broad SMARTS) is 1. The fourth-order valence-corrected chi connectivity index (χ4v) is 19.4. The van der Waals surface area contributed by atoms with Crippen molar-refractivity contribution in [3.8, 4) is 23.3 Å². The number of ether oxygens (including phenoxy) is 6. The first-order chi connectivity index (χ1) is 52.9. The van der Waals surface area contributed by atoms with Gasteiger partial charge in [0.15, 0.2) is 0 Å². The van der Waals surface area contributed by atoms with Crippen LogP contribution in [0.4, 0.5) is 10.5 Å². The van der Waals surface area contributed by atoms with E-state index in [0.717, 1.165) is 127 Å². The molecule has 2 aromatic heterocycles. The molecule has 6 aliphatic rings.